The molecule has 0 aromatic heterocycles. The Bertz CT molecular complexity index is 76.8. The fourth-order valence-electron chi connectivity index (χ4n) is 0.598. The zero-order chi connectivity index (χ0) is 7.66. The van der Waals surface area contributed by atoms with E-state index in [4.69, 9.17) is 0 Å². The third kappa shape index (κ3) is 8.09. The van der Waals surface area contributed by atoms with Gasteiger partial charge in [0.1, 0.15) is 0 Å². The number of hydrogen-bond acceptors (Lipinski definition) is 1. The van der Waals surface area contributed by atoms with Crippen LogP contribution in [0.2, 0.25) is 0 Å². The van der Waals surface area contributed by atoms with E-state index in [1.165, 1.54) is 31.4 Å². The van der Waals surface area contributed by atoms with Gasteiger partial charge in [0.15, 0.2) is 0 Å². The average molecular weight is 158 g/mol. The third-order valence-corrected chi connectivity index (χ3v) is 2.17. The van der Waals surface area contributed by atoms with E-state index in [0.29, 0.717) is 0 Å². The summed E-state index contributed by atoms with van der Waals surface area (Å²) in [5.41, 5.74) is 0. The van der Waals surface area contributed by atoms with Crippen molar-refractivity contribution in [3.63, 3.8) is 0 Å². The molecule has 0 fully saturated rings. The first-order valence-electron chi connectivity index (χ1n) is 4.18. The SMILES string of the molecule is CCCC=CSCCCC. The molecular formula is C9H18S. The zero-order valence-corrected chi connectivity index (χ0v) is 7.91. The predicted octanol–water partition coefficient (Wildman–Crippen LogP) is 3.83. The molecule has 0 N–H and O–H groups in total. The van der Waals surface area contributed by atoms with Gasteiger partial charge < -0.3 is 0 Å². The van der Waals surface area contributed by atoms with Gasteiger partial charge in [-0.05, 0) is 24.0 Å². The van der Waals surface area contributed by atoms with Crippen molar-refractivity contribution in [1.29, 1.82) is 0 Å². The number of thioether (sulfide) groups is 1. The topological polar surface area (TPSA) is 0 Å². The van der Waals surface area contributed by atoms with Crippen LogP contribution in [-0.4, -0.2) is 5.75 Å². The van der Waals surface area contributed by atoms with Gasteiger partial charge in [-0.25, -0.2) is 0 Å². The first kappa shape index (κ1) is 10.1. The van der Waals surface area contributed by atoms with Crippen LogP contribution in [0.4, 0.5) is 0 Å². The number of unbranched alkanes of at least 4 members (excludes halogenated alkanes) is 2. The van der Waals surface area contributed by atoms with Crippen molar-refractivity contribution in [2.75, 3.05) is 5.75 Å². The number of hydrogen-bond donors (Lipinski definition) is 0. The molecule has 0 amide bonds. The Kier molecular flexibility index (Phi) is 9.17. The van der Waals surface area contributed by atoms with Crippen molar-refractivity contribution in [3.05, 3.63) is 11.5 Å². The van der Waals surface area contributed by atoms with Gasteiger partial charge in [0.05, 0.1) is 0 Å². The lowest BCUT2D eigenvalue weighted by atomic mass is 10.3. The summed E-state index contributed by atoms with van der Waals surface area (Å²) in [5, 5.41) is 2.24. The first-order valence-corrected chi connectivity index (χ1v) is 5.23. The number of rotatable bonds is 6. The second kappa shape index (κ2) is 9.09. The van der Waals surface area contributed by atoms with E-state index in [9.17, 15) is 0 Å². The monoisotopic (exact) mass is 158 g/mol. The molecule has 0 spiro atoms. The van der Waals surface area contributed by atoms with Crippen molar-refractivity contribution in [2.24, 2.45) is 0 Å². The lowest BCUT2D eigenvalue weighted by molar-refractivity contribution is 0.897. The highest BCUT2D eigenvalue weighted by Gasteiger charge is 1.80. The van der Waals surface area contributed by atoms with E-state index >= 15 is 0 Å². The van der Waals surface area contributed by atoms with Crippen molar-refractivity contribution >= 4 is 11.8 Å². The van der Waals surface area contributed by atoms with Crippen molar-refractivity contribution in [1.82, 2.24) is 0 Å². The summed E-state index contributed by atoms with van der Waals surface area (Å²) >= 11 is 1.94. The second-order valence-corrected chi connectivity index (χ2v) is 3.40. The molecule has 10 heavy (non-hydrogen) atoms. The smallest absolute Gasteiger partial charge is 0.00262 e. The molecule has 0 radical (unpaired) electrons. The summed E-state index contributed by atoms with van der Waals surface area (Å²) in [7, 11) is 0. The number of allylic oxidation sites excluding steroid dienone is 1. The van der Waals surface area contributed by atoms with Crippen molar-refractivity contribution < 1.29 is 0 Å². The van der Waals surface area contributed by atoms with Crippen LogP contribution in [0.15, 0.2) is 11.5 Å². The molecule has 0 aliphatic carbocycles. The fraction of sp³-hybridized carbons (Fsp3) is 0.778. The highest BCUT2D eigenvalue weighted by Crippen LogP contribution is 2.06. The third-order valence-electron chi connectivity index (χ3n) is 1.26. The molecule has 0 aromatic carbocycles. The van der Waals surface area contributed by atoms with Crippen LogP contribution in [-0.2, 0) is 0 Å². The van der Waals surface area contributed by atoms with Gasteiger partial charge in [-0.15, -0.1) is 11.8 Å². The lowest BCUT2D eigenvalue weighted by Gasteiger charge is -1.90. The van der Waals surface area contributed by atoms with E-state index in [2.05, 4.69) is 25.3 Å². The lowest BCUT2D eigenvalue weighted by Crippen LogP contribution is -1.72. The van der Waals surface area contributed by atoms with Gasteiger partial charge in [-0.2, -0.15) is 0 Å². The Labute approximate surface area is 69.1 Å². The first-order chi connectivity index (χ1) is 4.91. The summed E-state index contributed by atoms with van der Waals surface area (Å²) in [4.78, 5) is 0. The molecule has 0 atom stereocenters. The average Bonchev–Trinajstić information content (AvgIpc) is 1.97. The molecule has 0 heterocycles. The van der Waals surface area contributed by atoms with Gasteiger partial charge in [0, 0.05) is 0 Å². The quantitative estimate of drug-likeness (QED) is 0.529. The van der Waals surface area contributed by atoms with E-state index < -0.39 is 0 Å². The van der Waals surface area contributed by atoms with E-state index in [-0.39, 0.29) is 0 Å². The maximum atomic E-state index is 2.26. The minimum atomic E-state index is 1.24. The molecule has 0 rings (SSSR count). The molecular weight excluding hydrogens is 140 g/mol. The van der Waals surface area contributed by atoms with E-state index in [0.717, 1.165) is 0 Å². The van der Waals surface area contributed by atoms with Gasteiger partial charge in [-0.1, -0.05) is 32.8 Å². The van der Waals surface area contributed by atoms with Crippen LogP contribution in [0.1, 0.15) is 39.5 Å². The van der Waals surface area contributed by atoms with Gasteiger partial charge in [0.25, 0.3) is 0 Å². The minimum absolute atomic E-state index is 1.24. The molecule has 0 aromatic rings. The predicted molar refractivity (Wildman–Crippen MR) is 51.4 cm³/mol. The molecule has 0 bridgehead atoms. The summed E-state index contributed by atoms with van der Waals surface area (Å²) < 4.78 is 0. The Morgan fingerprint density at radius 2 is 2.00 bits per heavy atom. The molecule has 0 saturated heterocycles. The second-order valence-electron chi connectivity index (χ2n) is 2.38. The summed E-state index contributed by atoms with van der Waals surface area (Å²) in [5.74, 6) is 1.29. The van der Waals surface area contributed by atoms with E-state index in [1.54, 1.807) is 0 Å². The Morgan fingerprint density at radius 1 is 1.20 bits per heavy atom. The summed E-state index contributed by atoms with van der Waals surface area (Å²) in [6, 6.07) is 0. The minimum Gasteiger partial charge on any atom is -0.134 e. The molecule has 0 aliphatic rings. The Morgan fingerprint density at radius 3 is 2.60 bits per heavy atom. The molecule has 60 valence electrons. The molecule has 0 unspecified atom stereocenters. The maximum absolute atomic E-state index is 2.26. The molecule has 0 saturated carbocycles. The van der Waals surface area contributed by atoms with Gasteiger partial charge in [0.2, 0.25) is 0 Å². The van der Waals surface area contributed by atoms with Crippen LogP contribution < -0.4 is 0 Å². The Hall–Kier alpha value is 0.0900. The van der Waals surface area contributed by atoms with Crippen molar-refractivity contribution in [2.45, 2.75) is 39.5 Å². The van der Waals surface area contributed by atoms with Gasteiger partial charge >= 0.3 is 0 Å². The molecule has 0 aliphatic heterocycles. The Balaban J connectivity index is 2.88. The maximum Gasteiger partial charge on any atom is -0.00262 e. The van der Waals surface area contributed by atoms with Crippen LogP contribution >= 0.6 is 11.8 Å². The largest absolute Gasteiger partial charge is 0.134 e. The van der Waals surface area contributed by atoms with Crippen molar-refractivity contribution in [3.8, 4) is 0 Å². The van der Waals surface area contributed by atoms with Crippen LogP contribution in [0.3, 0.4) is 0 Å². The van der Waals surface area contributed by atoms with E-state index in [1.807, 2.05) is 11.8 Å². The standard InChI is InChI=1S/C9H18S/c1-3-5-7-9-10-8-6-4-2/h7,9H,3-6,8H2,1-2H3. The highest BCUT2D eigenvalue weighted by atomic mass is 32.2. The van der Waals surface area contributed by atoms with Crippen LogP contribution in [0.25, 0.3) is 0 Å². The molecule has 0 nitrogen and oxygen atoms in total. The van der Waals surface area contributed by atoms with Crippen LogP contribution in [0.5, 0.6) is 0 Å². The molecule has 1 heteroatoms. The highest BCUT2D eigenvalue weighted by molar-refractivity contribution is 8.02. The van der Waals surface area contributed by atoms with Crippen LogP contribution in [0, 0.1) is 0 Å². The van der Waals surface area contributed by atoms with Gasteiger partial charge in [-0.3, -0.25) is 0 Å². The zero-order valence-electron chi connectivity index (χ0n) is 7.10. The summed E-state index contributed by atoms with van der Waals surface area (Å²) in [6.45, 7) is 4.44. The summed E-state index contributed by atoms with van der Waals surface area (Å²) in [6.07, 6.45) is 7.43. The normalized spacial score (nSPS) is 11.0. The fourth-order valence-corrected chi connectivity index (χ4v) is 1.46.